The summed E-state index contributed by atoms with van der Waals surface area (Å²) in [5.74, 6) is 0.434. The van der Waals surface area contributed by atoms with Crippen LogP contribution in [0.3, 0.4) is 0 Å². The first kappa shape index (κ1) is 11.6. The SMILES string of the molecule is CN1CC[C@@H](c2ccc(F)cc2)[C@@H](CO)C1. The predicted molar refractivity (Wildman–Crippen MR) is 61.8 cm³/mol. The molecule has 1 aromatic rings. The van der Waals surface area contributed by atoms with Crippen molar-refractivity contribution in [3.8, 4) is 0 Å². The Hall–Kier alpha value is -0.930. The van der Waals surface area contributed by atoms with Crippen LogP contribution in [0, 0.1) is 11.7 Å². The molecule has 0 bridgehead atoms. The van der Waals surface area contributed by atoms with Gasteiger partial charge in [0, 0.05) is 19.1 Å². The minimum atomic E-state index is -0.197. The molecule has 0 aromatic heterocycles. The van der Waals surface area contributed by atoms with E-state index in [0.29, 0.717) is 5.92 Å². The number of hydrogen-bond acceptors (Lipinski definition) is 2. The summed E-state index contributed by atoms with van der Waals surface area (Å²) in [5, 5.41) is 9.39. The maximum atomic E-state index is 12.8. The molecule has 0 saturated carbocycles. The molecule has 1 aliphatic rings. The molecule has 3 heteroatoms. The van der Waals surface area contributed by atoms with Crippen molar-refractivity contribution in [2.24, 2.45) is 5.92 Å². The molecule has 1 heterocycles. The molecule has 2 rings (SSSR count). The summed E-state index contributed by atoms with van der Waals surface area (Å²) >= 11 is 0. The van der Waals surface area contributed by atoms with Crippen LogP contribution < -0.4 is 0 Å². The molecule has 1 N–H and O–H groups in total. The van der Waals surface area contributed by atoms with Crippen LogP contribution in [-0.4, -0.2) is 36.8 Å². The second-order valence-corrected chi connectivity index (χ2v) is 4.65. The zero-order chi connectivity index (χ0) is 11.5. The van der Waals surface area contributed by atoms with E-state index in [4.69, 9.17) is 0 Å². The van der Waals surface area contributed by atoms with E-state index >= 15 is 0 Å². The highest BCUT2D eigenvalue weighted by molar-refractivity contribution is 5.22. The van der Waals surface area contributed by atoms with Crippen LogP contribution in [0.2, 0.25) is 0 Å². The van der Waals surface area contributed by atoms with Crippen LogP contribution in [0.1, 0.15) is 17.9 Å². The van der Waals surface area contributed by atoms with Crippen LogP contribution in [0.25, 0.3) is 0 Å². The predicted octanol–water partition coefficient (Wildman–Crippen LogP) is 1.85. The van der Waals surface area contributed by atoms with Gasteiger partial charge in [-0.3, -0.25) is 0 Å². The first-order valence-corrected chi connectivity index (χ1v) is 5.75. The van der Waals surface area contributed by atoms with Crippen molar-refractivity contribution in [3.05, 3.63) is 35.6 Å². The normalized spacial score (nSPS) is 26.9. The number of nitrogens with zero attached hydrogens (tertiary/aromatic N) is 1. The van der Waals surface area contributed by atoms with Gasteiger partial charge in [-0.15, -0.1) is 0 Å². The van der Waals surface area contributed by atoms with Crippen LogP contribution >= 0.6 is 0 Å². The number of likely N-dealkylation sites (tertiary alicyclic amines) is 1. The Balaban J connectivity index is 2.15. The van der Waals surface area contributed by atoms with Gasteiger partial charge in [0.2, 0.25) is 0 Å². The molecule has 2 nitrogen and oxygen atoms in total. The lowest BCUT2D eigenvalue weighted by Gasteiger charge is -2.36. The average molecular weight is 223 g/mol. The smallest absolute Gasteiger partial charge is 0.123 e. The second-order valence-electron chi connectivity index (χ2n) is 4.65. The van der Waals surface area contributed by atoms with E-state index in [1.807, 2.05) is 12.1 Å². The van der Waals surface area contributed by atoms with E-state index in [1.165, 1.54) is 12.1 Å². The minimum Gasteiger partial charge on any atom is -0.396 e. The summed E-state index contributed by atoms with van der Waals surface area (Å²) in [6.45, 7) is 2.16. The minimum absolute atomic E-state index is 0.197. The fourth-order valence-corrected chi connectivity index (χ4v) is 2.55. The summed E-state index contributed by atoms with van der Waals surface area (Å²) in [6.07, 6.45) is 1.04. The third kappa shape index (κ3) is 2.42. The van der Waals surface area contributed by atoms with Crippen molar-refractivity contribution in [3.63, 3.8) is 0 Å². The quantitative estimate of drug-likeness (QED) is 0.827. The van der Waals surface area contributed by atoms with Gasteiger partial charge in [-0.25, -0.2) is 4.39 Å². The molecule has 16 heavy (non-hydrogen) atoms. The Morgan fingerprint density at radius 2 is 2.06 bits per heavy atom. The zero-order valence-electron chi connectivity index (χ0n) is 9.56. The molecule has 0 spiro atoms. The number of hydrogen-bond donors (Lipinski definition) is 1. The fraction of sp³-hybridized carbons (Fsp3) is 0.538. The molecule has 1 aliphatic heterocycles. The Bertz CT molecular complexity index is 338. The van der Waals surface area contributed by atoms with Gasteiger partial charge in [0.15, 0.2) is 0 Å². The maximum Gasteiger partial charge on any atom is 0.123 e. The van der Waals surface area contributed by atoms with Crippen LogP contribution in [-0.2, 0) is 0 Å². The fourth-order valence-electron chi connectivity index (χ4n) is 2.55. The second kappa shape index (κ2) is 4.93. The highest BCUT2D eigenvalue weighted by Gasteiger charge is 2.28. The number of aliphatic hydroxyl groups excluding tert-OH is 1. The van der Waals surface area contributed by atoms with Gasteiger partial charge < -0.3 is 10.0 Å². The molecule has 1 aromatic carbocycles. The lowest BCUT2D eigenvalue weighted by atomic mass is 9.81. The van der Waals surface area contributed by atoms with E-state index in [9.17, 15) is 9.50 Å². The van der Waals surface area contributed by atoms with Crippen molar-refractivity contribution in [2.75, 3.05) is 26.7 Å². The number of halogens is 1. The monoisotopic (exact) mass is 223 g/mol. The third-order valence-electron chi connectivity index (χ3n) is 3.47. The summed E-state index contributed by atoms with van der Waals surface area (Å²) < 4.78 is 12.8. The van der Waals surface area contributed by atoms with Crippen molar-refractivity contribution in [1.29, 1.82) is 0 Å². The van der Waals surface area contributed by atoms with Gasteiger partial charge in [0.1, 0.15) is 5.82 Å². The largest absolute Gasteiger partial charge is 0.396 e. The number of benzene rings is 1. The van der Waals surface area contributed by atoms with Crippen molar-refractivity contribution < 1.29 is 9.50 Å². The summed E-state index contributed by atoms with van der Waals surface area (Å²) in [7, 11) is 2.07. The Kier molecular flexibility index (Phi) is 3.56. The third-order valence-corrected chi connectivity index (χ3v) is 3.47. The van der Waals surface area contributed by atoms with Crippen LogP contribution in [0.5, 0.6) is 0 Å². The number of piperidine rings is 1. The Labute approximate surface area is 95.7 Å². The molecule has 0 aliphatic carbocycles. The van der Waals surface area contributed by atoms with Crippen molar-refractivity contribution >= 4 is 0 Å². The maximum absolute atomic E-state index is 12.8. The summed E-state index contributed by atoms with van der Waals surface area (Å²) in [5.41, 5.74) is 1.15. The lowest BCUT2D eigenvalue weighted by Crippen LogP contribution is -2.38. The number of aliphatic hydroxyl groups is 1. The van der Waals surface area contributed by atoms with E-state index in [-0.39, 0.29) is 18.3 Å². The van der Waals surface area contributed by atoms with Gasteiger partial charge in [0.25, 0.3) is 0 Å². The molecular formula is C13H18FNO. The zero-order valence-corrected chi connectivity index (χ0v) is 9.56. The molecule has 2 atom stereocenters. The molecule has 0 amide bonds. The Morgan fingerprint density at radius 3 is 2.69 bits per heavy atom. The Morgan fingerprint density at radius 1 is 1.38 bits per heavy atom. The topological polar surface area (TPSA) is 23.5 Å². The van der Waals surface area contributed by atoms with Gasteiger partial charge in [-0.05, 0) is 43.6 Å². The van der Waals surface area contributed by atoms with E-state index in [1.54, 1.807) is 0 Å². The number of rotatable bonds is 2. The van der Waals surface area contributed by atoms with Gasteiger partial charge in [0.05, 0.1) is 0 Å². The van der Waals surface area contributed by atoms with Crippen molar-refractivity contribution in [1.82, 2.24) is 4.90 Å². The lowest BCUT2D eigenvalue weighted by molar-refractivity contribution is 0.118. The highest BCUT2D eigenvalue weighted by Crippen LogP contribution is 2.32. The molecular weight excluding hydrogens is 205 g/mol. The molecule has 88 valence electrons. The van der Waals surface area contributed by atoms with Crippen LogP contribution in [0.4, 0.5) is 4.39 Å². The average Bonchev–Trinajstić information content (AvgIpc) is 2.30. The molecule has 1 saturated heterocycles. The molecule has 1 fully saturated rings. The van der Waals surface area contributed by atoms with Crippen molar-refractivity contribution in [2.45, 2.75) is 12.3 Å². The van der Waals surface area contributed by atoms with Gasteiger partial charge in [-0.1, -0.05) is 12.1 Å². The highest BCUT2D eigenvalue weighted by atomic mass is 19.1. The van der Waals surface area contributed by atoms with E-state index in [0.717, 1.165) is 25.1 Å². The van der Waals surface area contributed by atoms with Crippen LogP contribution in [0.15, 0.2) is 24.3 Å². The van der Waals surface area contributed by atoms with Gasteiger partial charge in [-0.2, -0.15) is 0 Å². The summed E-state index contributed by atoms with van der Waals surface area (Å²) in [6, 6.07) is 6.69. The van der Waals surface area contributed by atoms with E-state index < -0.39 is 0 Å². The van der Waals surface area contributed by atoms with E-state index in [2.05, 4.69) is 11.9 Å². The first-order valence-electron chi connectivity index (χ1n) is 5.75. The van der Waals surface area contributed by atoms with Gasteiger partial charge >= 0.3 is 0 Å². The first-order chi connectivity index (χ1) is 7.70. The molecule has 0 radical (unpaired) electrons. The standard InChI is InChI=1S/C13H18FNO/c1-15-7-6-13(11(8-15)9-16)10-2-4-12(14)5-3-10/h2-5,11,13,16H,6-9H2,1H3/t11-,13+/m1/s1. The molecule has 0 unspecified atom stereocenters. The summed E-state index contributed by atoms with van der Waals surface area (Å²) in [4.78, 5) is 2.24.